The van der Waals surface area contributed by atoms with Crippen LogP contribution in [0.5, 0.6) is 0 Å². The van der Waals surface area contributed by atoms with E-state index < -0.39 is 9.84 Å². The zero-order chi connectivity index (χ0) is 17.3. The quantitative estimate of drug-likeness (QED) is 0.842. The highest BCUT2D eigenvalue weighted by atomic mass is 35.5. The van der Waals surface area contributed by atoms with E-state index >= 15 is 0 Å². The zero-order valence-corrected chi connectivity index (χ0v) is 16.4. The monoisotopic (exact) mass is 386 g/mol. The molecule has 2 unspecified atom stereocenters. The third kappa shape index (κ3) is 4.54. The number of carbonyl (C=O) groups is 1. The van der Waals surface area contributed by atoms with Crippen LogP contribution in [0.3, 0.4) is 0 Å². The standard InChI is InChI=1S/C18H26N2O3S.ClH/c1-3-24(22,23)17-8-4-13(5-9-17)10-18(21)20(2)16-11-14-6-7-15(12-16)19-14;/h4-5,8-9,14-16,19H,3,6-7,10-12H2,1-2H3;1H. The third-order valence-corrected chi connectivity index (χ3v) is 7.16. The molecule has 2 atom stereocenters. The maximum absolute atomic E-state index is 12.6. The molecule has 2 aliphatic rings. The first-order valence-electron chi connectivity index (χ1n) is 8.72. The first-order valence-corrected chi connectivity index (χ1v) is 10.4. The summed E-state index contributed by atoms with van der Waals surface area (Å²) in [5.74, 6) is 0.193. The minimum atomic E-state index is -3.18. The Labute approximate surface area is 156 Å². The molecule has 0 spiro atoms. The van der Waals surface area contributed by atoms with Crippen molar-refractivity contribution in [3.63, 3.8) is 0 Å². The summed E-state index contributed by atoms with van der Waals surface area (Å²) in [5, 5.41) is 3.59. The number of hydrogen-bond acceptors (Lipinski definition) is 4. The van der Waals surface area contributed by atoms with Gasteiger partial charge in [-0.05, 0) is 43.4 Å². The summed E-state index contributed by atoms with van der Waals surface area (Å²) < 4.78 is 23.7. The molecule has 25 heavy (non-hydrogen) atoms. The molecule has 2 fully saturated rings. The third-order valence-electron chi connectivity index (χ3n) is 5.41. The van der Waals surface area contributed by atoms with Crippen molar-refractivity contribution in [3.05, 3.63) is 29.8 Å². The van der Waals surface area contributed by atoms with Gasteiger partial charge in [-0.15, -0.1) is 12.4 Å². The molecule has 3 rings (SSSR count). The molecular weight excluding hydrogens is 360 g/mol. The molecular formula is C18H27ClN2O3S. The number of piperidine rings is 1. The smallest absolute Gasteiger partial charge is 0.226 e. The topological polar surface area (TPSA) is 66.5 Å². The SMILES string of the molecule is CCS(=O)(=O)c1ccc(CC(=O)N(C)C2CC3CCC(C2)N3)cc1.Cl. The van der Waals surface area contributed by atoms with E-state index in [1.54, 1.807) is 31.2 Å². The number of hydrogen-bond donors (Lipinski definition) is 1. The number of likely N-dealkylation sites (N-methyl/N-ethyl adjacent to an activating group) is 1. The fraction of sp³-hybridized carbons (Fsp3) is 0.611. The number of rotatable bonds is 5. The Bertz CT molecular complexity index is 694. The number of nitrogens with zero attached hydrogens (tertiary/aromatic N) is 1. The van der Waals surface area contributed by atoms with Crippen LogP contribution in [-0.4, -0.2) is 50.2 Å². The van der Waals surface area contributed by atoms with E-state index in [0.717, 1.165) is 18.4 Å². The number of halogens is 1. The van der Waals surface area contributed by atoms with Crippen LogP contribution in [0.1, 0.15) is 38.2 Å². The predicted octanol–water partition coefficient (Wildman–Crippen LogP) is 2.19. The summed E-state index contributed by atoms with van der Waals surface area (Å²) >= 11 is 0. The summed E-state index contributed by atoms with van der Waals surface area (Å²) in [4.78, 5) is 14.8. The van der Waals surface area contributed by atoms with Crippen molar-refractivity contribution in [2.45, 2.75) is 62.0 Å². The lowest BCUT2D eigenvalue weighted by molar-refractivity contribution is -0.131. The maximum Gasteiger partial charge on any atom is 0.226 e. The van der Waals surface area contributed by atoms with Crippen LogP contribution in [0, 0.1) is 0 Å². The van der Waals surface area contributed by atoms with E-state index in [1.165, 1.54) is 12.8 Å². The highest BCUT2D eigenvalue weighted by Gasteiger charge is 2.36. The van der Waals surface area contributed by atoms with Crippen LogP contribution in [0.15, 0.2) is 29.2 Å². The lowest BCUT2D eigenvalue weighted by Gasteiger charge is -2.35. The van der Waals surface area contributed by atoms with Gasteiger partial charge in [0.2, 0.25) is 5.91 Å². The van der Waals surface area contributed by atoms with Gasteiger partial charge >= 0.3 is 0 Å². The van der Waals surface area contributed by atoms with Gasteiger partial charge in [0.25, 0.3) is 0 Å². The minimum absolute atomic E-state index is 0. The summed E-state index contributed by atoms with van der Waals surface area (Å²) in [7, 11) is -1.29. The van der Waals surface area contributed by atoms with Gasteiger partial charge in [-0.3, -0.25) is 4.79 Å². The van der Waals surface area contributed by atoms with Crippen molar-refractivity contribution in [2.75, 3.05) is 12.8 Å². The van der Waals surface area contributed by atoms with Gasteiger partial charge in [0, 0.05) is 25.2 Å². The van der Waals surface area contributed by atoms with E-state index in [2.05, 4.69) is 5.32 Å². The second-order valence-electron chi connectivity index (χ2n) is 6.99. The Balaban J connectivity index is 0.00000225. The number of amides is 1. The molecule has 2 bridgehead atoms. The molecule has 1 N–H and O–H groups in total. The number of fused-ring (bicyclic) bond motifs is 2. The maximum atomic E-state index is 12.6. The van der Waals surface area contributed by atoms with E-state index in [4.69, 9.17) is 0 Å². The predicted molar refractivity (Wildman–Crippen MR) is 101 cm³/mol. The van der Waals surface area contributed by atoms with Crippen molar-refractivity contribution in [1.29, 1.82) is 0 Å². The normalized spacial score (nSPS) is 25.3. The molecule has 2 saturated heterocycles. The fourth-order valence-corrected chi connectivity index (χ4v) is 4.71. The van der Waals surface area contributed by atoms with Crippen molar-refractivity contribution < 1.29 is 13.2 Å². The molecule has 1 amide bonds. The van der Waals surface area contributed by atoms with Crippen LogP contribution in [-0.2, 0) is 21.1 Å². The highest BCUT2D eigenvalue weighted by molar-refractivity contribution is 7.91. The van der Waals surface area contributed by atoms with Gasteiger partial charge in [0.15, 0.2) is 9.84 Å². The van der Waals surface area contributed by atoms with Crippen molar-refractivity contribution in [2.24, 2.45) is 0 Å². The lowest BCUT2D eigenvalue weighted by atomic mass is 9.98. The number of benzene rings is 1. The molecule has 5 nitrogen and oxygen atoms in total. The van der Waals surface area contributed by atoms with Gasteiger partial charge in [0.1, 0.15) is 0 Å². The molecule has 0 radical (unpaired) electrons. The molecule has 0 saturated carbocycles. The first kappa shape index (κ1) is 20.2. The molecule has 7 heteroatoms. The van der Waals surface area contributed by atoms with Gasteiger partial charge in [0.05, 0.1) is 17.1 Å². The van der Waals surface area contributed by atoms with Gasteiger partial charge < -0.3 is 10.2 Å². The van der Waals surface area contributed by atoms with E-state index in [1.807, 2.05) is 11.9 Å². The second-order valence-corrected chi connectivity index (χ2v) is 9.27. The van der Waals surface area contributed by atoms with Gasteiger partial charge in [-0.1, -0.05) is 19.1 Å². The average molecular weight is 387 g/mol. The highest BCUT2D eigenvalue weighted by Crippen LogP contribution is 2.29. The average Bonchev–Trinajstić information content (AvgIpc) is 2.92. The molecule has 140 valence electrons. The van der Waals surface area contributed by atoms with E-state index in [9.17, 15) is 13.2 Å². The largest absolute Gasteiger partial charge is 0.342 e. The number of sulfone groups is 1. The van der Waals surface area contributed by atoms with Crippen LogP contribution in [0.2, 0.25) is 0 Å². The first-order chi connectivity index (χ1) is 11.4. The summed E-state index contributed by atoms with van der Waals surface area (Å²) in [5.41, 5.74) is 0.860. The zero-order valence-electron chi connectivity index (χ0n) is 14.8. The Morgan fingerprint density at radius 3 is 2.24 bits per heavy atom. The Morgan fingerprint density at radius 1 is 1.16 bits per heavy atom. The molecule has 1 aromatic rings. The van der Waals surface area contributed by atoms with Gasteiger partial charge in [-0.25, -0.2) is 8.42 Å². The number of nitrogens with one attached hydrogen (secondary N) is 1. The molecule has 2 heterocycles. The van der Waals surface area contributed by atoms with Crippen LogP contribution < -0.4 is 5.32 Å². The molecule has 0 aliphatic carbocycles. The van der Waals surface area contributed by atoms with Crippen LogP contribution in [0.4, 0.5) is 0 Å². The lowest BCUT2D eigenvalue weighted by Crippen LogP contribution is -2.49. The van der Waals surface area contributed by atoms with E-state index in [0.29, 0.717) is 29.4 Å². The van der Waals surface area contributed by atoms with E-state index in [-0.39, 0.29) is 24.1 Å². The van der Waals surface area contributed by atoms with Crippen LogP contribution in [0.25, 0.3) is 0 Å². The summed E-state index contributed by atoms with van der Waals surface area (Å²) in [6.45, 7) is 1.63. The van der Waals surface area contributed by atoms with Crippen LogP contribution >= 0.6 is 12.4 Å². The van der Waals surface area contributed by atoms with Crippen molar-refractivity contribution in [3.8, 4) is 0 Å². The number of carbonyl (C=O) groups excluding carboxylic acids is 1. The van der Waals surface area contributed by atoms with Crippen molar-refractivity contribution in [1.82, 2.24) is 10.2 Å². The molecule has 1 aromatic carbocycles. The molecule has 2 aliphatic heterocycles. The summed E-state index contributed by atoms with van der Waals surface area (Å²) in [6.07, 6.45) is 4.83. The Kier molecular flexibility index (Phi) is 6.51. The van der Waals surface area contributed by atoms with Crippen molar-refractivity contribution >= 4 is 28.2 Å². The fourth-order valence-electron chi connectivity index (χ4n) is 3.83. The Hall–Kier alpha value is -1.11. The minimum Gasteiger partial charge on any atom is -0.342 e. The second kappa shape index (κ2) is 8.06. The van der Waals surface area contributed by atoms with Gasteiger partial charge in [-0.2, -0.15) is 0 Å². The Morgan fingerprint density at radius 2 is 1.72 bits per heavy atom. The molecule has 0 aromatic heterocycles. The summed E-state index contributed by atoms with van der Waals surface area (Å²) in [6, 6.07) is 8.14.